The molecule has 1 aromatic rings. The molecular weight excluding hydrogens is 343 g/mol. The molecule has 1 aliphatic heterocycles. The molecule has 1 N–H and O–H groups in total. The lowest BCUT2D eigenvalue weighted by Crippen LogP contribution is -2.45. The van der Waals surface area contributed by atoms with Crippen LogP contribution in [0.15, 0.2) is 29.3 Å². The Balaban J connectivity index is 2.20. The van der Waals surface area contributed by atoms with Crippen molar-refractivity contribution in [3.63, 3.8) is 0 Å². The maximum Gasteiger partial charge on any atom is 0.130 e. The van der Waals surface area contributed by atoms with Gasteiger partial charge < -0.3 is 5.32 Å². The Kier molecular flexibility index (Phi) is 7.06. The third-order valence-corrected chi connectivity index (χ3v) is 4.79. The maximum atomic E-state index is 14.7. The largest absolute Gasteiger partial charge is 0.314 e. The standard InChI is InChI=1S/C18H26BrFN2/c1-3-4-5-6-7-17(22-10-8-21-9-11-22)16-13-15(19)12-14(2)18(16)20/h3,12-13,17,21H,1,4-11H2,2H3/t17-/m1/s1. The number of nitrogens with one attached hydrogen (secondary N) is 1. The molecule has 0 unspecified atom stereocenters. The van der Waals surface area contributed by atoms with Crippen molar-refractivity contribution in [2.45, 2.75) is 38.6 Å². The molecule has 0 radical (unpaired) electrons. The number of unbranched alkanes of at least 4 members (excludes halogenated alkanes) is 2. The van der Waals surface area contributed by atoms with Crippen LogP contribution in [0.25, 0.3) is 0 Å². The summed E-state index contributed by atoms with van der Waals surface area (Å²) in [7, 11) is 0. The molecular formula is C18H26BrFN2. The van der Waals surface area contributed by atoms with Gasteiger partial charge in [-0.2, -0.15) is 0 Å². The highest BCUT2D eigenvalue weighted by atomic mass is 79.9. The Bertz CT molecular complexity index is 498. The van der Waals surface area contributed by atoms with Gasteiger partial charge in [-0.25, -0.2) is 4.39 Å². The molecule has 0 aromatic heterocycles. The van der Waals surface area contributed by atoms with Crippen molar-refractivity contribution in [2.75, 3.05) is 26.2 Å². The minimum Gasteiger partial charge on any atom is -0.314 e. The first kappa shape index (κ1) is 17.6. The van der Waals surface area contributed by atoms with Gasteiger partial charge in [-0.05, 0) is 43.9 Å². The third-order valence-electron chi connectivity index (χ3n) is 4.33. The predicted octanol–water partition coefficient (Wildman–Crippen LogP) is 4.59. The van der Waals surface area contributed by atoms with Gasteiger partial charge in [0, 0.05) is 42.3 Å². The zero-order chi connectivity index (χ0) is 15.9. The summed E-state index contributed by atoms with van der Waals surface area (Å²) < 4.78 is 15.6. The molecule has 1 aliphatic rings. The highest BCUT2D eigenvalue weighted by molar-refractivity contribution is 9.10. The molecule has 0 saturated carbocycles. The van der Waals surface area contributed by atoms with Crippen molar-refractivity contribution in [3.8, 4) is 0 Å². The van der Waals surface area contributed by atoms with Gasteiger partial charge >= 0.3 is 0 Å². The average Bonchev–Trinajstić information content (AvgIpc) is 2.52. The summed E-state index contributed by atoms with van der Waals surface area (Å²) in [5, 5.41) is 3.38. The molecule has 0 amide bonds. The summed E-state index contributed by atoms with van der Waals surface area (Å²) in [5.41, 5.74) is 1.56. The number of benzene rings is 1. The number of piperazine rings is 1. The second-order valence-electron chi connectivity index (χ2n) is 6.00. The van der Waals surface area contributed by atoms with Crippen LogP contribution in [0.5, 0.6) is 0 Å². The van der Waals surface area contributed by atoms with Crippen LogP contribution >= 0.6 is 15.9 Å². The van der Waals surface area contributed by atoms with Crippen LogP contribution in [-0.2, 0) is 0 Å². The van der Waals surface area contributed by atoms with Gasteiger partial charge in [-0.1, -0.05) is 28.4 Å². The smallest absolute Gasteiger partial charge is 0.130 e. The van der Waals surface area contributed by atoms with Crippen LogP contribution in [0.3, 0.4) is 0 Å². The normalized spacial score (nSPS) is 17.4. The summed E-state index contributed by atoms with van der Waals surface area (Å²) in [6, 6.07) is 3.98. The fraction of sp³-hybridized carbons (Fsp3) is 0.556. The Labute approximate surface area is 141 Å². The molecule has 1 saturated heterocycles. The Morgan fingerprint density at radius 2 is 2.09 bits per heavy atom. The molecule has 4 heteroatoms. The maximum absolute atomic E-state index is 14.7. The Morgan fingerprint density at radius 1 is 1.36 bits per heavy atom. The first-order valence-corrected chi connectivity index (χ1v) is 8.94. The lowest BCUT2D eigenvalue weighted by Gasteiger charge is -2.35. The van der Waals surface area contributed by atoms with Gasteiger partial charge in [0.15, 0.2) is 0 Å². The third kappa shape index (κ3) is 4.64. The zero-order valence-electron chi connectivity index (χ0n) is 13.4. The minimum atomic E-state index is -0.0459. The summed E-state index contributed by atoms with van der Waals surface area (Å²) in [6.07, 6.45) is 6.23. The van der Waals surface area contributed by atoms with E-state index in [1.165, 1.54) is 0 Å². The van der Waals surface area contributed by atoms with Crippen molar-refractivity contribution in [1.82, 2.24) is 10.2 Å². The van der Waals surface area contributed by atoms with E-state index in [2.05, 4.69) is 32.7 Å². The van der Waals surface area contributed by atoms with E-state index < -0.39 is 0 Å². The van der Waals surface area contributed by atoms with Crippen molar-refractivity contribution < 1.29 is 4.39 Å². The molecule has 1 heterocycles. The SMILES string of the molecule is C=CCCCC[C@H](c1cc(Br)cc(C)c1F)N1CCNCC1. The first-order chi connectivity index (χ1) is 10.6. The van der Waals surface area contributed by atoms with Crippen LogP contribution in [0.2, 0.25) is 0 Å². The summed E-state index contributed by atoms with van der Waals surface area (Å²) in [4.78, 5) is 2.43. The number of allylic oxidation sites excluding steroid dienone is 1. The van der Waals surface area contributed by atoms with Crippen LogP contribution in [-0.4, -0.2) is 31.1 Å². The van der Waals surface area contributed by atoms with Crippen molar-refractivity contribution in [1.29, 1.82) is 0 Å². The van der Waals surface area contributed by atoms with Crippen LogP contribution in [0, 0.1) is 12.7 Å². The van der Waals surface area contributed by atoms with E-state index in [0.29, 0.717) is 0 Å². The van der Waals surface area contributed by atoms with E-state index in [1.807, 2.05) is 25.1 Å². The summed E-state index contributed by atoms with van der Waals surface area (Å²) >= 11 is 3.52. The number of nitrogens with zero attached hydrogens (tertiary/aromatic N) is 1. The lowest BCUT2D eigenvalue weighted by molar-refractivity contribution is 0.159. The topological polar surface area (TPSA) is 15.3 Å². The summed E-state index contributed by atoms with van der Waals surface area (Å²) in [6.45, 7) is 9.56. The van der Waals surface area contributed by atoms with E-state index in [-0.39, 0.29) is 11.9 Å². The van der Waals surface area contributed by atoms with Gasteiger partial charge in [0.05, 0.1) is 0 Å². The molecule has 0 aliphatic carbocycles. The summed E-state index contributed by atoms with van der Waals surface area (Å²) in [5.74, 6) is -0.0459. The fourth-order valence-electron chi connectivity index (χ4n) is 3.15. The van der Waals surface area contributed by atoms with Gasteiger partial charge in [0.1, 0.15) is 5.82 Å². The highest BCUT2D eigenvalue weighted by Gasteiger charge is 2.25. The van der Waals surface area contributed by atoms with Gasteiger partial charge in [0.25, 0.3) is 0 Å². The van der Waals surface area contributed by atoms with Gasteiger partial charge in [0.2, 0.25) is 0 Å². The van der Waals surface area contributed by atoms with E-state index in [0.717, 1.165) is 67.5 Å². The second kappa shape index (κ2) is 8.80. The van der Waals surface area contributed by atoms with Crippen LogP contribution in [0.1, 0.15) is 42.9 Å². The first-order valence-electron chi connectivity index (χ1n) is 8.14. The molecule has 2 nitrogen and oxygen atoms in total. The van der Waals surface area contributed by atoms with Crippen molar-refractivity contribution >= 4 is 15.9 Å². The number of halogens is 2. The Morgan fingerprint density at radius 3 is 2.77 bits per heavy atom. The van der Waals surface area contributed by atoms with Crippen LogP contribution in [0.4, 0.5) is 4.39 Å². The molecule has 1 fully saturated rings. The molecule has 1 atom stereocenters. The van der Waals surface area contributed by atoms with E-state index in [1.54, 1.807) is 0 Å². The van der Waals surface area contributed by atoms with Gasteiger partial charge in [-0.15, -0.1) is 6.58 Å². The molecule has 0 bridgehead atoms. The van der Waals surface area contributed by atoms with E-state index >= 15 is 0 Å². The van der Waals surface area contributed by atoms with E-state index in [9.17, 15) is 4.39 Å². The fourth-order valence-corrected chi connectivity index (χ4v) is 3.74. The number of aryl methyl sites for hydroxylation is 1. The second-order valence-corrected chi connectivity index (χ2v) is 6.92. The number of hydrogen-bond acceptors (Lipinski definition) is 2. The van der Waals surface area contributed by atoms with Crippen molar-refractivity contribution in [3.05, 3.63) is 46.2 Å². The molecule has 122 valence electrons. The lowest BCUT2D eigenvalue weighted by atomic mass is 9.96. The van der Waals surface area contributed by atoms with Gasteiger partial charge in [-0.3, -0.25) is 4.90 Å². The molecule has 22 heavy (non-hydrogen) atoms. The number of rotatable bonds is 7. The minimum absolute atomic E-state index is 0.0459. The quantitative estimate of drug-likeness (QED) is 0.559. The number of hydrogen-bond donors (Lipinski definition) is 1. The molecule has 0 spiro atoms. The molecule has 1 aromatic carbocycles. The van der Waals surface area contributed by atoms with E-state index in [4.69, 9.17) is 0 Å². The average molecular weight is 369 g/mol. The van der Waals surface area contributed by atoms with Crippen LogP contribution < -0.4 is 5.32 Å². The monoisotopic (exact) mass is 368 g/mol. The highest BCUT2D eigenvalue weighted by Crippen LogP contribution is 2.32. The zero-order valence-corrected chi connectivity index (χ0v) is 15.0. The predicted molar refractivity (Wildman–Crippen MR) is 94.7 cm³/mol. The van der Waals surface area contributed by atoms with Crippen molar-refractivity contribution in [2.24, 2.45) is 0 Å². The molecule has 2 rings (SSSR count). The Hall–Kier alpha value is -0.710.